The SMILES string of the molecule is O=C(CS(=O)CC(=O)N(CC(=O)NC1CCCCC1)c1ccc(Cl)c(C(F)(F)F)c1)Nc1ccc2c(c1)OCO2. The van der Waals surface area contributed by atoms with E-state index in [0.29, 0.717) is 23.3 Å². The van der Waals surface area contributed by atoms with E-state index in [4.69, 9.17) is 21.1 Å². The summed E-state index contributed by atoms with van der Waals surface area (Å²) in [5.41, 5.74) is -1.05. The highest BCUT2D eigenvalue weighted by atomic mass is 35.5. The van der Waals surface area contributed by atoms with Crippen LogP contribution in [-0.2, 0) is 31.4 Å². The summed E-state index contributed by atoms with van der Waals surface area (Å²) >= 11 is 5.73. The number of amides is 3. The van der Waals surface area contributed by atoms with Crippen LogP contribution in [0.25, 0.3) is 0 Å². The summed E-state index contributed by atoms with van der Waals surface area (Å²) in [6.07, 6.45) is -0.347. The fraction of sp³-hybridized carbons (Fsp3) is 0.423. The molecule has 4 rings (SSSR count). The molecule has 1 atom stereocenters. The first-order valence-corrected chi connectivity index (χ1v) is 14.4. The van der Waals surface area contributed by atoms with E-state index in [1.165, 1.54) is 12.1 Å². The molecular weight excluding hydrogens is 575 g/mol. The van der Waals surface area contributed by atoms with Crippen LogP contribution in [0.15, 0.2) is 36.4 Å². The van der Waals surface area contributed by atoms with Gasteiger partial charge in [-0.05, 0) is 43.2 Å². The van der Waals surface area contributed by atoms with E-state index in [9.17, 15) is 31.8 Å². The molecule has 216 valence electrons. The zero-order valence-electron chi connectivity index (χ0n) is 21.2. The largest absolute Gasteiger partial charge is 0.454 e. The van der Waals surface area contributed by atoms with Gasteiger partial charge >= 0.3 is 6.18 Å². The number of carbonyl (C=O) groups is 3. The molecule has 14 heteroatoms. The first-order valence-electron chi connectivity index (χ1n) is 12.5. The Morgan fingerprint density at radius 3 is 2.42 bits per heavy atom. The normalized spacial score (nSPS) is 15.8. The molecule has 0 spiro atoms. The second-order valence-corrected chi connectivity index (χ2v) is 11.3. The molecule has 2 aromatic rings. The summed E-state index contributed by atoms with van der Waals surface area (Å²) in [5.74, 6) is -2.42. The molecule has 1 unspecified atom stereocenters. The van der Waals surface area contributed by atoms with Gasteiger partial charge < -0.3 is 25.0 Å². The van der Waals surface area contributed by atoms with Gasteiger partial charge in [-0.2, -0.15) is 13.2 Å². The molecule has 1 aliphatic carbocycles. The molecule has 1 saturated carbocycles. The monoisotopic (exact) mass is 601 g/mol. The third-order valence-corrected chi connectivity index (χ3v) is 7.86. The van der Waals surface area contributed by atoms with Gasteiger partial charge in [-0.15, -0.1) is 0 Å². The zero-order chi connectivity index (χ0) is 28.9. The lowest BCUT2D eigenvalue weighted by Crippen LogP contribution is -2.46. The van der Waals surface area contributed by atoms with Crippen molar-refractivity contribution in [2.75, 3.05) is 35.1 Å². The summed E-state index contributed by atoms with van der Waals surface area (Å²) in [4.78, 5) is 39.2. The Morgan fingerprint density at radius 2 is 1.70 bits per heavy atom. The maximum atomic E-state index is 13.5. The molecule has 2 aromatic carbocycles. The predicted octanol–water partition coefficient (Wildman–Crippen LogP) is 4.26. The Balaban J connectivity index is 1.44. The summed E-state index contributed by atoms with van der Waals surface area (Å²) in [7, 11) is -2.03. The van der Waals surface area contributed by atoms with Crippen molar-refractivity contribution in [1.29, 1.82) is 0 Å². The summed E-state index contributed by atoms with van der Waals surface area (Å²) in [5, 5.41) is 4.80. The average molecular weight is 602 g/mol. The number of halogens is 4. The topological polar surface area (TPSA) is 114 Å². The number of carbonyl (C=O) groups excluding carboxylic acids is 3. The van der Waals surface area contributed by atoms with Gasteiger partial charge in [0.2, 0.25) is 24.5 Å². The minimum atomic E-state index is -4.80. The van der Waals surface area contributed by atoms with E-state index in [0.717, 1.165) is 43.1 Å². The van der Waals surface area contributed by atoms with Crippen molar-refractivity contribution in [3.8, 4) is 11.5 Å². The van der Waals surface area contributed by atoms with Gasteiger partial charge in [0.05, 0.1) is 10.6 Å². The van der Waals surface area contributed by atoms with Crippen molar-refractivity contribution in [1.82, 2.24) is 5.32 Å². The van der Waals surface area contributed by atoms with E-state index in [2.05, 4.69) is 10.6 Å². The second-order valence-electron chi connectivity index (χ2n) is 9.39. The molecule has 40 heavy (non-hydrogen) atoms. The van der Waals surface area contributed by atoms with Crippen LogP contribution in [0.1, 0.15) is 37.7 Å². The Kier molecular flexibility index (Phi) is 9.56. The molecule has 1 aliphatic heterocycles. The third-order valence-electron chi connectivity index (χ3n) is 6.37. The van der Waals surface area contributed by atoms with Crippen molar-refractivity contribution in [3.63, 3.8) is 0 Å². The number of nitrogens with one attached hydrogen (secondary N) is 2. The van der Waals surface area contributed by atoms with Gasteiger partial charge in [-0.3, -0.25) is 18.6 Å². The summed E-state index contributed by atoms with van der Waals surface area (Å²) in [6, 6.07) is 7.42. The van der Waals surface area contributed by atoms with Gasteiger partial charge in [0.1, 0.15) is 18.1 Å². The number of hydrogen-bond donors (Lipinski definition) is 2. The van der Waals surface area contributed by atoms with Crippen LogP contribution in [0.3, 0.4) is 0 Å². The first kappa shape index (κ1) is 29.7. The number of anilines is 2. The number of ether oxygens (including phenoxy) is 2. The zero-order valence-corrected chi connectivity index (χ0v) is 22.8. The molecule has 0 radical (unpaired) electrons. The molecule has 0 bridgehead atoms. The van der Waals surface area contributed by atoms with E-state index < -0.39 is 63.3 Å². The van der Waals surface area contributed by atoms with Crippen molar-refractivity contribution in [2.45, 2.75) is 44.3 Å². The van der Waals surface area contributed by atoms with Crippen molar-refractivity contribution in [2.24, 2.45) is 0 Å². The van der Waals surface area contributed by atoms with E-state index in [1.54, 1.807) is 12.1 Å². The van der Waals surface area contributed by atoms with E-state index in [1.807, 2.05) is 0 Å². The van der Waals surface area contributed by atoms with Crippen LogP contribution in [0, 0.1) is 0 Å². The summed E-state index contributed by atoms with van der Waals surface area (Å²) in [6.45, 7) is -0.541. The maximum absolute atomic E-state index is 13.5. The Morgan fingerprint density at radius 1 is 0.975 bits per heavy atom. The predicted molar refractivity (Wildman–Crippen MR) is 143 cm³/mol. The maximum Gasteiger partial charge on any atom is 0.417 e. The number of fused-ring (bicyclic) bond motifs is 1. The number of benzene rings is 2. The van der Waals surface area contributed by atoms with Gasteiger partial charge in [-0.1, -0.05) is 30.9 Å². The van der Waals surface area contributed by atoms with Crippen LogP contribution in [0.4, 0.5) is 24.5 Å². The third kappa shape index (κ3) is 7.87. The molecule has 3 amide bonds. The highest BCUT2D eigenvalue weighted by Crippen LogP contribution is 2.37. The lowest BCUT2D eigenvalue weighted by molar-refractivity contribution is -0.137. The quantitative estimate of drug-likeness (QED) is 0.444. The lowest BCUT2D eigenvalue weighted by atomic mass is 9.95. The second kappa shape index (κ2) is 12.9. The van der Waals surface area contributed by atoms with Gasteiger partial charge in [0.25, 0.3) is 0 Å². The average Bonchev–Trinajstić information content (AvgIpc) is 3.35. The smallest absolute Gasteiger partial charge is 0.417 e. The fourth-order valence-corrected chi connectivity index (χ4v) is 5.59. The minimum absolute atomic E-state index is 0.0477. The van der Waals surface area contributed by atoms with E-state index >= 15 is 0 Å². The van der Waals surface area contributed by atoms with E-state index in [-0.39, 0.29) is 18.5 Å². The van der Waals surface area contributed by atoms with Gasteiger partial charge in [-0.25, -0.2) is 0 Å². The number of nitrogens with zero attached hydrogens (tertiary/aromatic N) is 1. The molecular formula is C26H27ClF3N3O6S. The van der Waals surface area contributed by atoms with Crippen LogP contribution in [0.5, 0.6) is 11.5 Å². The molecule has 1 heterocycles. The van der Waals surface area contributed by atoms with Crippen LogP contribution in [0.2, 0.25) is 5.02 Å². The highest BCUT2D eigenvalue weighted by Gasteiger charge is 2.34. The lowest BCUT2D eigenvalue weighted by Gasteiger charge is -2.27. The minimum Gasteiger partial charge on any atom is -0.454 e. The molecule has 0 aromatic heterocycles. The van der Waals surface area contributed by atoms with Crippen LogP contribution < -0.4 is 25.0 Å². The van der Waals surface area contributed by atoms with Crippen molar-refractivity contribution < 1.29 is 41.2 Å². The first-order chi connectivity index (χ1) is 19.0. The number of hydrogen-bond acceptors (Lipinski definition) is 6. The highest BCUT2D eigenvalue weighted by molar-refractivity contribution is 7.86. The number of rotatable bonds is 9. The number of alkyl halides is 3. The molecule has 2 aliphatic rings. The van der Waals surface area contributed by atoms with Crippen LogP contribution in [-0.4, -0.2) is 52.8 Å². The molecule has 0 saturated heterocycles. The van der Waals surface area contributed by atoms with Crippen LogP contribution >= 0.6 is 11.6 Å². The molecule has 9 nitrogen and oxygen atoms in total. The molecule has 1 fully saturated rings. The molecule has 2 N–H and O–H groups in total. The standard InChI is InChI=1S/C26H27ClF3N3O6S/c27-20-8-7-18(11-19(20)26(28,29)30)33(12-23(34)31-16-4-2-1-3-5-16)25(36)14-40(37)13-24(35)32-17-6-9-21-22(10-17)39-15-38-21/h6-11,16H,1-5,12-15H2,(H,31,34)(H,32,35). The van der Waals surface area contributed by atoms with Gasteiger partial charge in [0.15, 0.2) is 11.5 Å². The Hall–Kier alpha value is -3.32. The summed E-state index contributed by atoms with van der Waals surface area (Å²) < 4.78 is 63.7. The fourth-order valence-electron chi connectivity index (χ4n) is 4.47. The Bertz CT molecular complexity index is 1300. The van der Waals surface area contributed by atoms with Gasteiger partial charge in [0, 0.05) is 34.3 Å². The Labute approximate surface area is 235 Å². The van der Waals surface area contributed by atoms with Crippen molar-refractivity contribution in [3.05, 3.63) is 47.0 Å². The van der Waals surface area contributed by atoms with Crippen molar-refractivity contribution >= 4 is 51.5 Å².